The number of rotatable bonds is 1. The molecule has 3 aromatic carbocycles. The van der Waals surface area contributed by atoms with Crippen molar-refractivity contribution in [1.82, 2.24) is 14.0 Å². The van der Waals surface area contributed by atoms with Gasteiger partial charge in [0.05, 0.1) is 22.6 Å². The fourth-order valence-electron chi connectivity index (χ4n) is 7.25. The standard InChI is InChI=1S/C35H24N5S/c1-2-3-14-28-36-32-31-27(18-16-23-21-10-4-6-12-25(21)38(28)33(23)31)41-30-19-17-24-22-11-5-7-13-26(22)39-29-15-8-9-20-37(29)35(32)40(30)34(24)39/h2-20,29,36H,1H3/q+1. The Morgan fingerprint density at radius 3 is 2.54 bits per heavy atom. The van der Waals surface area contributed by atoms with E-state index in [0.717, 1.165) is 17.0 Å². The van der Waals surface area contributed by atoms with Crippen molar-refractivity contribution in [3.63, 3.8) is 0 Å². The zero-order chi connectivity index (χ0) is 26.8. The van der Waals surface area contributed by atoms with Gasteiger partial charge in [0.1, 0.15) is 16.7 Å². The highest BCUT2D eigenvalue weighted by Crippen LogP contribution is 2.46. The predicted octanol–water partition coefficient (Wildman–Crippen LogP) is 7.63. The monoisotopic (exact) mass is 546 g/mol. The molecule has 0 aliphatic carbocycles. The summed E-state index contributed by atoms with van der Waals surface area (Å²) < 4.78 is 8.66. The van der Waals surface area contributed by atoms with Gasteiger partial charge in [0.25, 0.3) is 5.82 Å². The number of anilines is 1. The fourth-order valence-corrected chi connectivity index (χ4v) is 8.31. The molecule has 10 rings (SSSR count). The van der Waals surface area contributed by atoms with Gasteiger partial charge >= 0.3 is 0 Å². The lowest BCUT2D eigenvalue weighted by Gasteiger charge is -2.30. The van der Waals surface area contributed by atoms with Crippen LogP contribution in [0.25, 0.3) is 70.6 Å². The van der Waals surface area contributed by atoms with Crippen molar-refractivity contribution in [3.05, 3.63) is 115 Å². The Hall–Kier alpha value is -5.07. The number of para-hydroxylation sites is 2. The van der Waals surface area contributed by atoms with Crippen LogP contribution in [-0.2, 0) is 0 Å². The van der Waals surface area contributed by atoms with Crippen LogP contribution in [0, 0.1) is 0 Å². The van der Waals surface area contributed by atoms with Crippen molar-refractivity contribution in [2.75, 3.05) is 4.90 Å². The number of aromatic amines is 1. The number of nitrogens with one attached hydrogen (secondary N) is 1. The minimum absolute atomic E-state index is 0.0310. The van der Waals surface area contributed by atoms with Crippen molar-refractivity contribution in [2.24, 2.45) is 0 Å². The zero-order valence-corrected chi connectivity index (χ0v) is 23.1. The van der Waals surface area contributed by atoms with Crippen molar-refractivity contribution in [2.45, 2.75) is 13.1 Å². The van der Waals surface area contributed by atoms with E-state index < -0.39 is 0 Å². The van der Waals surface area contributed by atoms with E-state index in [4.69, 9.17) is 0 Å². The van der Waals surface area contributed by atoms with Crippen LogP contribution in [0.5, 0.6) is 0 Å². The summed E-state index contributed by atoms with van der Waals surface area (Å²) in [6.45, 7) is 2.07. The summed E-state index contributed by atoms with van der Waals surface area (Å²) in [7, 11) is 0. The molecule has 6 heteroatoms. The molecule has 0 radical (unpaired) electrons. The first kappa shape index (κ1) is 21.7. The Morgan fingerprint density at radius 1 is 0.854 bits per heavy atom. The van der Waals surface area contributed by atoms with Crippen molar-refractivity contribution < 1.29 is 4.40 Å². The Labute approximate surface area is 238 Å². The second kappa shape index (κ2) is 7.56. The minimum Gasteiger partial charge on any atom is -0.335 e. The van der Waals surface area contributed by atoms with Crippen LogP contribution in [0.1, 0.15) is 13.1 Å². The van der Waals surface area contributed by atoms with Gasteiger partial charge in [-0.1, -0.05) is 60.7 Å². The summed E-state index contributed by atoms with van der Waals surface area (Å²) in [6.07, 6.45) is 15.3. The Morgan fingerprint density at radius 2 is 1.66 bits per heavy atom. The molecular formula is C35H24N5S+. The Bertz CT molecular complexity index is 2560. The number of H-pyrrole nitrogens is 1. The van der Waals surface area contributed by atoms with E-state index in [-0.39, 0.29) is 6.17 Å². The SMILES string of the molecule is CC=CC=c1[nH]c2c3[n+]4c(ccc5c6ccccc6n(c54)C4C=CC=CN34)sc3ccc4c5ccccc5n1c4c3-2. The highest BCUT2D eigenvalue weighted by molar-refractivity contribution is 7.22. The molecule has 3 aromatic heterocycles. The van der Waals surface area contributed by atoms with Gasteiger partial charge in [-0.05, 0) is 55.5 Å². The minimum atomic E-state index is 0.0310. The molecule has 0 saturated carbocycles. The molecule has 6 aromatic rings. The number of benzene rings is 3. The number of nitrogens with zero attached hydrogens (tertiary/aromatic N) is 4. The number of hydrogen-bond acceptors (Lipinski definition) is 2. The number of pyridine rings is 1. The van der Waals surface area contributed by atoms with Crippen LogP contribution in [0.4, 0.5) is 5.82 Å². The van der Waals surface area contributed by atoms with Gasteiger partial charge in [0.2, 0.25) is 11.8 Å². The third kappa shape index (κ3) is 2.55. The van der Waals surface area contributed by atoms with Gasteiger partial charge in [-0.25, -0.2) is 9.47 Å². The van der Waals surface area contributed by atoms with Crippen molar-refractivity contribution in [3.8, 4) is 11.3 Å². The first-order chi connectivity index (χ1) is 20.3. The zero-order valence-electron chi connectivity index (χ0n) is 22.2. The molecule has 0 saturated heterocycles. The molecule has 0 spiro atoms. The van der Waals surface area contributed by atoms with E-state index in [2.05, 4.69) is 146 Å². The van der Waals surface area contributed by atoms with Crippen LogP contribution < -0.4 is 14.8 Å². The summed E-state index contributed by atoms with van der Waals surface area (Å²) in [4.78, 5) is 7.62. The average molecular weight is 547 g/mol. The normalized spacial score (nSPS) is 17.0. The van der Waals surface area contributed by atoms with Crippen LogP contribution in [0.3, 0.4) is 0 Å². The van der Waals surface area contributed by atoms with Crippen LogP contribution in [-0.4, -0.2) is 14.0 Å². The number of aromatic nitrogens is 4. The highest BCUT2D eigenvalue weighted by atomic mass is 32.1. The Balaban J connectivity index is 1.55. The van der Waals surface area contributed by atoms with E-state index in [0.29, 0.717) is 0 Å². The molecule has 0 fully saturated rings. The van der Waals surface area contributed by atoms with Gasteiger partial charge in [-0.3, -0.25) is 4.40 Å². The molecule has 194 valence electrons. The maximum absolute atomic E-state index is 3.98. The van der Waals surface area contributed by atoms with Crippen LogP contribution >= 0.6 is 11.3 Å². The first-order valence-electron chi connectivity index (χ1n) is 14.0. The van der Waals surface area contributed by atoms with E-state index in [1.54, 1.807) is 0 Å². The first-order valence-corrected chi connectivity index (χ1v) is 14.9. The molecule has 1 atom stereocenters. The lowest BCUT2D eigenvalue weighted by Crippen LogP contribution is -2.44. The van der Waals surface area contributed by atoms with E-state index >= 15 is 0 Å². The summed E-state index contributed by atoms with van der Waals surface area (Å²) in [5.74, 6) is 1.16. The lowest BCUT2D eigenvalue weighted by molar-refractivity contribution is -0.471. The van der Waals surface area contributed by atoms with E-state index in [1.165, 1.54) is 58.8 Å². The fraction of sp³-hybridized carbons (Fsp3) is 0.0571. The quantitative estimate of drug-likeness (QED) is 0.211. The molecule has 4 aliphatic heterocycles. The topological polar surface area (TPSA) is 32.5 Å². The van der Waals surface area contributed by atoms with Gasteiger partial charge in [-0.15, -0.1) is 11.3 Å². The third-order valence-corrected chi connectivity index (χ3v) is 9.91. The maximum Gasteiger partial charge on any atom is 0.262 e. The molecule has 0 amide bonds. The van der Waals surface area contributed by atoms with Gasteiger partial charge in [0.15, 0.2) is 4.83 Å². The second-order valence-corrected chi connectivity index (χ2v) is 11.9. The summed E-state index contributed by atoms with van der Waals surface area (Å²) in [6, 6.07) is 26.8. The molecular weight excluding hydrogens is 522 g/mol. The maximum atomic E-state index is 3.98. The average Bonchev–Trinajstić information content (AvgIpc) is 3.49. The van der Waals surface area contributed by atoms with Crippen molar-refractivity contribution >= 4 is 76.5 Å². The summed E-state index contributed by atoms with van der Waals surface area (Å²) >= 11 is 1.86. The van der Waals surface area contributed by atoms with Gasteiger partial charge in [-0.2, -0.15) is 4.40 Å². The number of allylic oxidation sites excluding steroid dienone is 4. The van der Waals surface area contributed by atoms with Crippen LogP contribution in [0.2, 0.25) is 0 Å². The molecule has 4 aliphatic rings. The Kier molecular flexibility index (Phi) is 4.00. The molecule has 5 nitrogen and oxygen atoms in total. The predicted molar refractivity (Wildman–Crippen MR) is 171 cm³/mol. The largest absolute Gasteiger partial charge is 0.335 e. The lowest BCUT2D eigenvalue weighted by atomic mass is 10.0. The molecule has 41 heavy (non-hydrogen) atoms. The second-order valence-electron chi connectivity index (χ2n) is 10.9. The van der Waals surface area contributed by atoms with Crippen LogP contribution in [0.15, 0.2) is 109 Å². The van der Waals surface area contributed by atoms with Gasteiger partial charge in [0, 0.05) is 26.4 Å². The van der Waals surface area contributed by atoms with Crippen molar-refractivity contribution in [1.29, 1.82) is 0 Å². The van der Waals surface area contributed by atoms with Gasteiger partial charge < -0.3 is 4.98 Å². The molecule has 7 heterocycles. The smallest absolute Gasteiger partial charge is 0.262 e. The highest BCUT2D eigenvalue weighted by Gasteiger charge is 2.40. The molecule has 1 N–H and O–H groups in total. The summed E-state index contributed by atoms with van der Waals surface area (Å²) in [5, 5.41) is 5.11. The molecule has 1 unspecified atom stereocenters. The molecule has 0 bridgehead atoms. The third-order valence-electron chi connectivity index (χ3n) is 8.82. The number of fused-ring (bicyclic) bond motifs is 10. The van der Waals surface area contributed by atoms with E-state index in [9.17, 15) is 0 Å². The number of hydrogen-bond donors (Lipinski definition) is 1. The summed E-state index contributed by atoms with van der Waals surface area (Å²) in [5.41, 5.74) is 8.42. The van der Waals surface area contributed by atoms with E-state index in [1.807, 2.05) is 11.3 Å².